The molecule has 0 aromatic heterocycles. The van der Waals surface area contributed by atoms with Crippen LogP contribution in [-0.4, -0.2) is 25.7 Å². The van der Waals surface area contributed by atoms with Gasteiger partial charge in [0.1, 0.15) is 24.3 Å². The highest BCUT2D eigenvalue weighted by Crippen LogP contribution is 2.56. The molecule has 4 heteroatoms. The lowest BCUT2D eigenvalue weighted by atomic mass is 9.55. The normalized spacial score (nSPS) is 35.3. The number of ether oxygens (including phenoxy) is 2. The van der Waals surface area contributed by atoms with Gasteiger partial charge in [-0.05, 0) is 55.6 Å². The molecule has 4 rings (SSSR count). The first-order valence-corrected chi connectivity index (χ1v) is 10.3. The summed E-state index contributed by atoms with van der Waals surface area (Å²) in [6, 6.07) is 8.09. The van der Waals surface area contributed by atoms with Crippen molar-refractivity contribution < 1.29 is 19.6 Å². The Morgan fingerprint density at radius 3 is 3.00 bits per heavy atom. The summed E-state index contributed by atoms with van der Waals surface area (Å²) in [4.78, 5) is 12.6. The number of esters is 1. The quantitative estimate of drug-likeness (QED) is 0.640. The number of benzene rings is 1. The van der Waals surface area contributed by atoms with E-state index in [-0.39, 0.29) is 23.4 Å². The maximum Gasteiger partial charge on any atom is 0.315 e. The number of hydrogen-bond acceptors (Lipinski definition) is 3. The molecule has 5 atom stereocenters. The fraction of sp³-hybridized carbons (Fsp3) is 0.609. The highest BCUT2D eigenvalue weighted by atomic mass is 16.6. The van der Waals surface area contributed by atoms with E-state index in [1.54, 1.807) is 7.11 Å². The summed E-state index contributed by atoms with van der Waals surface area (Å²) >= 11 is 0. The molecule has 0 spiro atoms. The third kappa shape index (κ3) is 3.40. The van der Waals surface area contributed by atoms with Crippen molar-refractivity contribution in [3.05, 3.63) is 42.0 Å². The molecule has 0 unspecified atom stereocenters. The number of methoxy groups -OCH3 is 1. The summed E-state index contributed by atoms with van der Waals surface area (Å²) in [7, 11) is 1.70. The summed E-state index contributed by atoms with van der Waals surface area (Å²) in [5.41, 5.74) is 2.84. The summed E-state index contributed by atoms with van der Waals surface area (Å²) in [5, 5.41) is 2.23. The van der Waals surface area contributed by atoms with E-state index in [9.17, 15) is 4.79 Å². The van der Waals surface area contributed by atoms with Crippen LogP contribution in [0.2, 0.25) is 0 Å². The van der Waals surface area contributed by atoms with E-state index in [1.807, 2.05) is 18.2 Å². The third-order valence-corrected chi connectivity index (χ3v) is 7.30. The zero-order valence-electron chi connectivity index (χ0n) is 16.6. The molecular formula is C23H32NO3+. The van der Waals surface area contributed by atoms with Gasteiger partial charge in [-0.25, -0.2) is 0 Å². The van der Waals surface area contributed by atoms with E-state index in [0.717, 1.165) is 38.1 Å². The number of para-hydroxylation sites is 1. The van der Waals surface area contributed by atoms with Crippen molar-refractivity contribution in [3.63, 3.8) is 0 Å². The topological polar surface area (TPSA) is 52.1 Å². The van der Waals surface area contributed by atoms with Crippen LogP contribution in [-0.2, 0) is 16.1 Å². The van der Waals surface area contributed by atoms with Gasteiger partial charge in [0.2, 0.25) is 0 Å². The minimum Gasteiger partial charge on any atom is -0.496 e. The smallest absolute Gasteiger partial charge is 0.315 e. The summed E-state index contributed by atoms with van der Waals surface area (Å²) in [6.07, 6.45) is 5.80. The van der Waals surface area contributed by atoms with Gasteiger partial charge < -0.3 is 14.8 Å². The number of rotatable bonds is 5. The molecule has 0 bridgehead atoms. The Bertz CT molecular complexity index is 730. The molecule has 1 saturated heterocycles. The van der Waals surface area contributed by atoms with Crippen molar-refractivity contribution in [2.24, 2.45) is 23.2 Å². The van der Waals surface area contributed by atoms with Gasteiger partial charge in [0.15, 0.2) is 0 Å². The minimum absolute atomic E-state index is 0.00369. The monoisotopic (exact) mass is 370 g/mol. The van der Waals surface area contributed by atoms with Crippen LogP contribution in [0.1, 0.15) is 44.6 Å². The molecule has 2 N–H and O–H groups in total. The summed E-state index contributed by atoms with van der Waals surface area (Å²) in [5.74, 6) is 1.82. The SMILES string of the molecule is C=C1CCC[C@]2(C)C[C@H]3OC(=O)[C@@H](C[NH2+]Cc4ccccc4OC)[C@H]3C[C@H]12. The average Bonchev–Trinajstić information content (AvgIpc) is 2.94. The van der Waals surface area contributed by atoms with Crippen LogP contribution in [0.3, 0.4) is 0 Å². The summed E-state index contributed by atoms with van der Waals surface area (Å²) in [6.45, 7) is 8.36. The zero-order valence-corrected chi connectivity index (χ0v) is 16.6. The molecule has 1 aromatic carbocycles. The van der Waals surface area contributed by atoms with Crippen LogP contribution in [0, 0.1) is 23.2 Å². The Balaban J connectivity index is 1.42. The lowest BCUT2D eigenvalue weighted by molar-refractivity contribution is -0.675. The molecule has 0 radical (unpaired) electrons. The van der Waals surface area contributed by atoms with Crippen LogP contribution < -0.4 is 10.1 Å². The van der Waals surface area contributed by atoms with Gasteiger partial charge in [0.25, 0.3) is 0 Å². The lowest BCUT2D eigenvalue weighted by Crippen LogP contribution is -2.84. The molecule has 4 nitrogen and oxygen atoms in total. The van der Waals surface area contributed by atoms with Gasteiger partial charge in [-0.2, -0.15) is 0 Å². The number of quaternary nitrogens is 1. The molecule has 1 aromatic rings. The van der Waals surface area contributed by atoms with Crippen LogP contribution in [0.25, 0.3) is 0 Å². The first-order valence-electron chi connectivity index (χ1n) is 10.3. The predicted molar refractivity (Wildman–Crippen MR) is 104 cm³/mol. The fourth-order valence-corrected chi connectivity index (χ4v) is 5.82. The number of fused-ring (bicyclic) bond motifs is 2. The molecule has 2 aliphatic carbocycles. The molecule has 2 saturated carbocycles. The largest absolute Gasteiger partial charge is 0.496 e. The van der Waals surface area contributed by atoms with Crippen LogP contribution in [0.5, 0.6) is 5.75 Å². The number of nitrogens with two attached hydrogens (primary N) is 1. The average molecular weight is 371 g/mol. The van der Waals surface area contributed by atoms with E-state index < -0.39 is 0 Å². The van der Waals surface area contributed by atoms with Crippen LogP contribution in [0.15, 0.2) is 36.4 Å². The highest BCUT2D eigenvalue weighted by Gasteiger charge is 2.55. The van der Waals surface area contributed by atoms with Gasteiger partial charge >= 0.3 is 5.97 Å². The van der Waals surface area contributed by atoms with E-state index in [4.69, 9.17) is 9.47 Å². The second kappa shape index (κ2) is 7.31. The molecule has 27 heavy (non-hydrogen) atoms. The Hall–Kier alpha value is -1.81. The molecule has 3 aliphatic rings. The van der Waals surface area contributed by atoms with E-state index in [2.05, 4.69) is 24.9 Å². The Morgan fingerprint density at radius 2 is 2.19 bits per heavy atom. The summed E-state index contributed by atoms with van der Waals surface area (Å²) < 4.78 is 11.3. The fourth-order valence-electron chi connectivity index (χ4n) is 5.82. The molecule has 0 amide bonds. The molecule has 1 heterocycles. The van der Waals surface area contributed by atoms with E-state index >= 15 is 0 Å². The van der Waals surface area contributed by atoms with Crippen molar-refractivity contribution in [1.82, 2.24) is 0 Å². The van der Waals surface area contributed by atoms with Gasteiger partial charge in [-0.15, -0.1) is 0 Å². The van der Waals surface area contributed by atoms with Crippen molar-refractivity contribution in [2.75, 3.05) is 13.7 Å². The van der Waals surface area contributed by atoms with Crippen LogP contribution in [0.4, 0.5) is 0 Å². The zero-order chi connectivity index (χ0) is 19.0. The molecule has 1 aliphatic heterocycles. The highest BCUT2D eigenvalue weighted by molar-refractivity contribution is 5.75. The van der Waals surface area contributed by atoms with Crippen molar-refractivity contribution in [2.45, 2.75) is 51.7 Å². The number of allylic oxidation sites excluding steroid dienone is 1. The van der Waals surface area contributed by atoms with Gasteiger partial charge in [-0.1, -0.05) is 31.2 Å². The number of carbonyl (C=O) groups excluding carboxylic acids is 1. The van der Waals surface area contributed by atoms with Gasteiger partial charge in [0.05, 0.1) is 13.7 Å². The first kappa shape index (κ1) is 18.5. The molecule has 146 valence electrons. The van der Waals surface area contributed by atoms with Gasteiger partial charge in [-0.3, -0.25) is 4.79 Å². The van der Waals surface area contributed by atoms with Crippen molar-refractivity contribution in [3.8, 4) is 5.75 Å². The number of carbonyl (C=O) groups is 1. The van der Waals surface area contributed by atoms with E-state index in [0.29, 0.717) is 11.8 Å². The molecule has 3 fully saturated rings. The Labute approximate surface area is 162 Å². The predicted octanol–water partition coefficient (Wildman–Crippen LogP) is 3.07. The second-order valence-corrected chi connectivity index (χ2v) is 8.94. The first-order chi connectivity index (χ1) is 13.0. The molecular weight excluding hydrogens is 338 g/mol. The van der Waals surface area contributed by atoms with E-state index in [1.165, 1.54) is 24.0 Å². The van der Waals surface area contributed by atoms with Gasteiger partial charge in [0, 0.05) is 11.5 Å². The van der Waals surface area contributed by atoms with Crippen molar-refractivity contribution in [1.29, 1.82) is 0 Å². The number of hydrogen-bond donors (Lipinski definition) is 1. The maximum atomic E-state index is 12.6. The van der Waals surface area contributed by atoms with Crippen molar-refractivity contribution >= 4 is 5.97 Å². The van der Waals surface area contributed by atoms with Crippen LogP contribution >= 0.6 is 0 Å². The standard InChI is InChI=1S/C23H31NO3/c1-15-7-6-10-23(2)12-21-17(11-19(15)23)18(22(25)27-21)14-24-13-16-8-4-5-9-20(16)26-3/h4-5,8-9,17-19,21,24H,1,6-7,10-14H2,2-3H3/p+1/t17-,18+,19-,21-,23-/m1/s1. The Morgan fingerprint density at radius 1 is 1.37 bits per heavy atom. The third-order valence-electron chi connectivity index (χ3n) is 7.30. The minimum atomic E-state index is 0.00369. The lowest BCUT2D eigenvalue weighted by Gasteiger charge is -2.49. The second-order valence-electron chi connectivity index (χ2n) is 8.94. The maximum absolute atomic E-state index is 12.6. The Kier molecular flexibility index (Phi) is 5.02.